The first kappa shape index (κ1) is 33.4. The Hall–Kier alpha value is -3.54. The Morgan fingerprint density at radius 3 is 2.36 bits per heavy atom. The molecule has 0 spiro atoms. The minimum absolute atomic E-state index is 0.0556. The van der Waals surface area contributed by atoms with Crippen molar-refractivity contribution in [2.75, 3.05) is 18.9 Å². The first-order chi connectivity index (χ1) is 20.7. The Labute approximate surface area is 257 Å². The summed E-state index contributed by atoms with van der Waals surface area (Å²) in [5.74, 6) is -0.357. The van der Waals surface area contributed by atoms with Crippen LogP contribution in [0.3, 0.4) is 0 Å². The summed E-state index contributed by atoms with van der Waals surface area (Å²) in [4.78, 5) is 22.0. The topological polar surface area (TPSA) is 160 Å². The van der Waals surface area contributed by atoms with Crippen LogP contribution in [0.1, 0.15) is 54.3 Å². The van der Waals surface area contributed by atoms with Crippen LogP contribution in [0.2, 0.25) is 0 Å². The largest absolute Gasteiger partial charge is 0.459 e. The van der Waals surface area contributed by atoms with E-state index < -0.39 is 43.6 Å². The van der Waals surface area contributed by atoms with Crippen molar-refractivity contribution in [2.24, 2.45) is 5.92 Å². The Balaban J connectivity index is 1.80. The number of imidazole rings is 1. The fraction of sp³-hybridized carbons (Fsp3) is 0.452. The van der Waals surface area contributed by atoms with Crippen LogP contribution in [0.5, 0.6) is 5.75 Å². The smallest absolute Gasteiger partial charge is 0.459 e. The van der Waals surface area contributed by atoms with Crippen molar-refractivity contribution >= 4 is 41.5 Å². The van der Waals surface area contributed by atoms with Crippen LogP contribution in [-0.2, 0) is 35.7 Å². The number of carbonyl (C=O) groups is 1. The molecule has 0 fully saturated rings. The molecule has 2 aromatic heterocycles. The molecule has 0 radical (unpaired) electrons. The van der Waals surface area contributed by atoms with E-state index in [0.717, 1.165) is 0 Å². The number of fused-ring (bicyclic) bond motifs is 3. The van der Waals surface area contributed by atoms with E-state index in [1.807, 2.05) is 31.2 Å². The highest BCUT2D eigenvalue weighted by molar-refractivity contribution is 7.52. The number of nitrogens with one attached hydrogen (secondary N) is 1. The number of nitrogens with zero attached hydrogens (tertiary/aromatic N) is 3. The monoisotopic (exact) mass is 627 g/mol. The molecule has 0 aliphatic carbocycles. The number of rotatable bonds is 13. The van der Waals surface area contributed by atoms with Crippen LogP contribution in [0.25, 0.3) is 21.9 Å². The van der Waals surface area contributed by atoms with Crippen LogP contribution < -0.4 is 15.3 Å². The van der Waals surface area contributed by atoms with Gasteiger partial charge in [-0.15, -0.1) is 0 Å². The summed E-state index contributed by atoms with van der Waals surface area (Å²) in [6.07, 6.45) is 0. The van der Waals surface area contributed by atoms with Crippen LogP contribution in [0.15, 0.2) is 54.6 Å². The van der Waals surface area contributed by atoms with Gasteiger partial charge in [0.15, 0.2) is 11.5 Å². The fourth-order valence-electron chi connectivity index (χ4n) is 4.61. The van der Waals surface area contributed by atoms with E-state index in [9.17, 15) is 14.5 Å². The van der Waals surface area contributed by atoms with Crippen LogP contribution in [-0.4, -0.2) is 50.5 Å². The number of carbonyl (C=O) groups excluding carboxylic acids is 1. The number of ether oxygens (including phenoxy) is 2. The number of benzene rings is 2. The average Bonchev–Trinajstić information content (AvgIpc) is 3.35. The molecule has 238 valence electrons. The third kappa shape index (κ3) is 7.39. The number of pyridine rings is 1. The second kappa shape index (κ2) is 13.2. The standard InChI is InChI=1S/C31H42N5O7P/c1-8-40-18-25-34-26-27(23-16-12-13-17-24(23)33-28(26)32)36(25)31(38,20(2)3)19-41-44(39,43-22-14-10-9-11-15-22)35-21(4)29(37)42-30(5,6)7/h9-17,20-21,38H,8,18-19H2,1-7H3,(H2,32,33)(H,35,39)/t21-,31?,44?/m0/s1. The highest BCUT2D eigenvalue weighted by atomic mass is 31.2. The normalized spacial score (nSPS) is 15.7. The maximum Gasteiger partial charge on any atom is 0.459 e. The lowest BCUT2D eigenvalue weighted by molar-refractivity contribution is -0.156. The van der Waals surface area contributed by atoms with E-state index >= 15 is 0 Å². The van der Waals surface area contributed by atoms with Gasteiger partial charge < -0.3 is 24.8 Å². The lowest BCUT2D eigenvalue weighted by Crippen LogP contribution is -2.45. The lowest BCUT2D eigenvalue weighted by Gasteiger charge is -2.36. The van der Waals surface area contributed by atoms with Crippen molar-refractivity contribution in [2.45, 2.75) is 72.4 Å². The summed E-state index contributed by atoms with van der Waals surface area (Å²) in [6, 6.07) is 14.7. The second-order valence-corrected chi connectivity index (χ2v) is 13.5. The van der Waals surface area contributed by atoms with Gasteiger partial charge >= 0.3 is 13.7 Å². The van der Waals surface area contributed by atoms with E-state index in [4.69, 9.17) is 29.2 Å². The maximum atomic E-state index is 14.3. The van der Waals surface area contributed by atoms with Gasteiger partial charge in [0.1, 0.15) is 41.9 Å². The summed E-state index contributed by atoms with van der Waals surface area (Å²) < 4.78 is 39.0. The zero-order chi connectivity index (χ0) is 32.3. The Bertz CT molecular complexity index is 1650. The van der Waals surface area contributed by atoms with Crippen molar-refractivity contribution in [1.82, 2.24) is 19.6 Å². The van der Waals surface area contributed by atoms with Crippen LogP contribution in [0.4, 0.5) is 5.82 Å². The minimum Gasteiger partial charge on any atom is -0.459 e. The van der Waals surface area contributed by atoms with Gasteiger partial charge in [-0.3, -0.25) is 13.9 Å². The number of para-hydroxylation sites is 2. The minimum atomic E-state index is -4.32. The summed E-state index contributed by atoms with van der Waals surface area (Å²) in [7, 11) is -4.32. The summed E-state index contributed by atoms with van der Waals surface area (Å²) in [6.45, 7) is 12.1. The number of esters is 1. The van der Waals surface area contributed by atoms with Gasteiger partial charge in [0, 0.05) is 17.9 Å². The predicted octanol–water partition coefficient (Wildman–Crippen LogP) is 5.53. The van der Waals surface area contributed by atoms with Crippen molar-refractivity contribution in [3.63, 3.8) is 0 Å². The molecule has 0 amide bonds. The van der Waals surface area contributed by atoms with Crippen molar-refractivity contribution < 1.29 is 33.0 Å². The molecule has 0 bridgehead atoms. The molecular weight excluding hydrogens is 585 g/mol. The molecule has 0 saturated carbocycles. The molecule has 2 heterocycles. The molecule has 13 heteroatoms. The van der Waals surface area contributed by atoms with E-state index in [-0.39, 0.29) is 18.2 Å². The number of anilines is 1. The first-order valence-electron chi connectivity index (χ1n) is 14.5. The number of nitrogen functional groups attached to an aromatic ring is 1. The van der Waals surface area contributed by atoms with Crippen molar-refractivity contribution in [3.05, 3.63) is 60.4 Å². The molecule has 4 rings (SSSR count). The summed E-state index contributed by atoms with van der Waals surface area (Å²) in [5.41, 5.74) is 5.26. The molecule has 0 aliphatic rings. The third-order valence-corrected chi connectivity index (χ3v) is 8.49. The van der Waals surface area contributed by atoms with Crippen LogP contribution >= 0.6 is 7.75 Å². The molecule has 2 aromatic carbocycles. The SMILES string of the molecule is CCOCc1nc2c(N)nc3ccccc3c2n1C(O)(COP(=O)(N[C@@H](C)C(=O)OC(C)(C)C)Oc1ccccc1)C(C)C. The average molecular weight is 628 g/mol. The zero-order valence-corrected chi connectivity index (χ0v) is 27.1. The van der Waals surface area contributed by atoms with Gasteiger partial charge in [-0.05, 0) is 52.8 Å². The Kier molecular flexibility index (Phi) is 10.0. The molecule has 0 saturated heterocycles. The van der Waals surface area contributed by atoms with Gasteiger partial charge in [-0.2, -0.15) is 5.09 Å². The van der Waals surface area contributed by atoms with E-state index in [1.54, 1.807) is 69.5 Å². The highest BCUT2D eigenvalue weighted by Gasteiger charge is 2.42. The van der Waals surface area contributed by atoms with Crippen LogP contribution in [0, 0.1) is 5.92 Å². The quantitative estimate of drug-likeness (QED) is 0.126. The highest BCUT2D eigenvalue weighted by Crippen LogP contribution is 2.47. The fourth-order valence-corrected chi connectivity index (χ4v) is 6.13. The number of aliphatic hydroxyl groups is 1. The molecule has 4 N–H and O–H groups in total. The van der Waals surface area contributed by atoms with Gasteiger partial charge in [0.25, 0.3) is 0 Å². The zero-order valence-electron chi connectivity index (χ0n) is 26.2. The van der Waals surface area contributed by atoms with Gasteiger partial charge in [-0.1, -0.05) is 50.2 Å². The molecule has 2 unspecified atom stereocenters. The number of hydrogen-bond acceptors (Lipinski definition) is 10. The molecule has 4 aromatic rings. The number of nitrogens with two attached hydrogens (primary N) is 1. The number of aromatic nitrogens is 3. The molecule has 44 heavy (non-hydrogen) atoms. The number of hydrogen-bond donors (Lipinski definition) is 3. The first-order valence-corrected chi connectivity index (χ1v) is 16.1. The van der Waals surface area contributed by atoms with Gasteiger partial charge in [0.2, 0.25) is 0 Å². The second-order valence-electron chi connectivity index (χ2n) is 11.8. The van der Waals surface area contributed by atoms with E-state index in [2.05, 4.69) is 10.1 Å². The van der Waals surface area contributed by atoms with E-state index in [1.165, 1.54) is 6.92 Å². The Morgan fingerprint density at radius 2 is 1.73 bits per heavy atom. The maximum absolute atomic E-state index is 14.3. The Morgan fingerprint density at radius 1 is 1.07 bits per heavy atom. The van der Waals surface area contributed by atoms with E-state index in [0.29, 0.717) is 34.4 Å². The van der Waals surface area contributed by atoms with Gasteiger partial charge in [0.05, 0.1) is 11.0 Å². The third-order valence-electron chi connectivity index (χ3n) is 6.86. The lowest BCUT2D eigenvalue weighted by atomic mass is 9.99. The molecule has 0 aliphatic heterocycles. The molecule has 3 atom stereocenters. The molecule has 12 nitrogen and oxygen atoms in total. The van der Waals surface area contributed by atoms with Crippen molar-refractivity contribution in [3.8, 4) is 5.75 Å². The summed E-state index contributed by atoms with van der Waals surface area (Å²) in [5, 5.41) is 15.9. The summed E-state index contributed by atoms with van der Waals surface area (Å²) >= 11 is 0. The van der Waals surface area contributed by atoms with Gasteiger partial charge in [-0.25, -0.2) is 14.5 Å². The predicted molar refractivity (Wildman–Crippen MR) is 169 cm³/mol. The molecular formula is C31H42N5O7P. The van der Waals surface area contributed by atoms with Crippen molar-refractivity contribution in [1.29, 1.82) is 0 Å².